The zero-order valence-electron chi connectivity index (χ0n) is 5.79. The minimum absolute atomic E-state index is 0.380. The Morgan fingerprint density at radius 3 is 2.91 bits per heavy atom. The van der Waals surface area contributed by atoms with Crippen molar-refractivity contribution in [3.8, 4) is 0 Å². The maximum atomic E-state index is 10.7. The van der Waals surface area contributed by atoms with Crippen molar-refractivity contribution < 1.29 is 14.3 Å². The molecule has 0 radical (unpaired) electrons. The molecule has 3 N–H and O–H groups in total. The van der Waals surface area contributed by atoms with Crippen LogP contribution in [0.5, 0.6) is 0 Å². The van der Waals surface area contributed by atoms with Gasteiger partial charge in [0.15, 0.2) is 0 Å². The predicted octanol–water partition coefficient (Wildman–Crippen LogP) is -0.514. The molecule has 5 heteroatoms. The fourth-order valence-corrected chi connectivity index (χ4v) is 0.738. The van der Waals surface area contributed by atoms with Gasteiger partial charge in [-0.25, -0.2) is 9.59 Å². The third kappa shape index (κ3) is 1.96. The fourth-order valence-electron chi connectivity index (χ4n) is 0.738. The molecule has 1 rings (SSSR count). The van der Waals surface area contributed by atoms with Crippen molar-refractivity contribution in [2.75, 3.05) is 6.61 Å². The molecular formula is C6H8N2O3. The Morgan fingerprint density at radius 1 is 1.73 bits per heavy atom. The largest absolute Gasteiger partial charge is 0.462 e. The van der Waals surface area contributed by atoms with E-state index in [2.05, 4.69) is 10.1 Å². The number of hydrogen-bond donors (Lipinski definition) is 2. The van der Waals surface area contributed by atoms with Crippen LogP contribution in [0.2, 0.25) is 0 Å². The number of amides is 2. The molecule has 1 fully saturated rings. The van der Waals surface area contributed by atoms with E-state index in [-0.39, 0.29) is 0 Å². The van der Waals surface area contributed by atoms with Gasteiger partial charge in [0.05, 0.1) is 12.2 Å². The van der Waals surface area contributed by atoms with Gasteiger partial charge in [0.25, 0.3) is 0 Å². The number of urea groups is 1. The lowest BCUT2D eigenvalue weighted by atomic mass is 10.2. The first-order chi connectivity index (χ1) is 5.20. The topological polar surface area (TPSA) is 81.4 Å². The fraction of sp³-hybridized carbons (Fsp3) is 0.333. The average Bonchev–Trinajstić information content (AvgIpc) is 2.31. The maximum Gasteiger partial charge on any atom is 0.335 e. The van der Waals surface area contributed by atoms with Gasteiger partial charge in [-0.2, -0.15) is 0 Å². The van der Waals surface area contributed by atoms with Crippen molar-refractivity contribution in [3.05, 3.63) is 11.8 Å². The number of nitrogens with two attached hydrogens (primary N) is 1. The van der Waals surface area contributed by atoms with Crippen LogP contribution >= 0.6 is 0 Å². The molecular weight excluding hydrogens is 148 g/mol. The number of ether oxygens (including phenoxy) is 1. The molecule has 0 aliphatic carbocycles. The van der Waals surface area contributed by atoms with Crippen LogP contribution in [0, 0.1) is 0 Å². The summed E-state index contributed by atoms with van der Waals surface area (Å²) in [4.78, 5) is 20.9. The number of carbonyl (C=O) groups excluding carboxylic acids is 2. The maximum absolute atomic E-state index is 10.7. The van der Waals surface area contributed by atoms with E-state index in [0.717, 1.165) is 0 Å². The second kappa shape index (κ2) is 3.05. The molecule has 0 saturated carbocycles. The van der Waals surface area contributed by atoms with Crippen molar-refractivity contribution >= 4 is 12.0 Å². The smallest absolute Gasteiger partial charge is 0.335 e. The van der Waals surface area contributed by atoms with E-state index in [1.165, 1.54) is 6.20 Å². The quantitative estimate of drug-likeness (QED) is 0.396. The van der Waals surface area contributed by atoms with E-state index >= 15 is 0 Å². The van der Waals surface area contributed by atoms with Crippen LogP contribution < -0.4 is 11.1 Å². The number of nitrogens with one attached hydrogen (secondary N) is 1. The van der Waals surface area contributed by atoms with Gasteiger partial charge in [-0.1, -0.05) is 0 Å². The Labute approximate surface area is 63.2 Å². The highest BCUT2D eigenvalue weighted by Crippen LogP contribution is 2.10. The number of primary amides is 1. The SMILES string of the molecule is NC(=O)N/C=C1/CCOC1=O. The summed E-state index contributed by atoms with van der Waals surface area (Å²) in [7, 11) is 0. The Balaban J connectivity index is 2.52. The molecule has 0 spiro atoms. The first-order valence-electron chi connectivity index (χ1n) is 3.12. The third-order valence-electron chi connectivity index (χ3n) is 1.26. The zero-order valence-corrected chi connectivity index (χ0v) is 5.79. The van der Waals surface area contributed by atoms with Crippen LogP contribution in [-0.2, 0) is 9.53 Å². The van der Waals surface area contributed by atoms with Crippen molar-refractivity contribution in [3.63, 3.8) is 0 Å². The molecule has 5 nitrogen and oxygen atoms in total. The Morgan fingerprint density at radius 2 is 2.45 bits per heavy atom. The normalized spacial score (nSPS) is 20.0. The predicted molar refractivity (Wildman–Crippen MR) is 36.4 cm³/mol. The molecule has 0 aromatic rings. The van der Waals surface area contributed by atoms with E-state index < -0.39 is 12.0 Å². The van der Waals surface area contributed by atoms with E-state index in [0.29, 0.717) is 18.6 Å². The van der Waals surface area contributed by atoms with Crippen LogP contribution in [0.25, 0.3) is 0 Å². The van der Waals surface area contributed by atoms with Gasteiger partial charge in [-0.3, -0.25) is 0 Å². The zero-order chi connectivity index (χ0) is 8.27. The lowest BCUT2D eigenvalue weighted by molar-refractivity contribution is -0.135. The van der Waals surface area contributed by atoms with Crippen LogP contribution in [0.15, 0.2) is 11.8 Å². The second-order valence-electron chi connectivity index (χ2n) is 2.06. The standard InChI is InChI=1S/C6H8N2O3/c7-6(10)8-3-4-1-2-11-5(4)9/h3H,1-2H2,(H3,7,8,10)/b4-3-. The van der Waals surface area contributed by atoms with Gasteiger partial charge in [0, 0.05) is 12.6 Å². The Bertz CT molecular complexity index is 222. The summed E-state index contributed by atoms with van der Waals surface area (Å²) in [6.45, 7) is 0.380. The van der Waals surface area contributed by atoms with E-state index in [1.807, 2.05) is 0 Å². The highest BCUT2D eigenvalue weighted by atomic mass is 16.5. The summed E-state index contributed by atoms with van der Waals surface area (Å²) >= 11 is 0. The summed E-state index contributed by atoms with van der Waals surface area (Å²) in [5, 5.41) is 2.19. The van der Waals surface area contributed by atoms with Crippen molar-refractivity contribution in [1.82, 2.24) is 5.32 Å². The molecule has 1 heterocycles. The van der Waals surface area contributed by atoms with Crippen LogP contribution in [0.4, 0.5) is 4.79 Å². The molecule has 1 aliphatic heterocycles. The first kappa shape index (κ1) is 7.59. The van der Waals surface area contributed by atoms with E-state index in [1.54, 1.807) is 0 Å². The molecule has 0 atom stereocenters. The van der Waals surface area contributed by atoms with Gasteiger partial charge in [-0.05, 0) is 0 Å². The summed E-state index contributed by atoms with van der Waals surface area (Å²) in [5.41, 5.74) is 5.22. The second-order valence-corrected chi connectivity index (χ2v) is 2.06. The van der Waals surface area contributed by atoms with E-state index in [4.69, 9.17) is 5.73 Å². The third-order valence-corrected chi connectivity index (χ3v) is 1.26. The summed E-state index contributed by atoms with van der Waals surface area (Å²) in [6.07, 6.45) is 1.80. The number of cyclic esters (lactones) is 1. The lowest BCUT2D eigenvalue weighted by Gasteiger charge is -1.92. The van der Waals surface area contributed by atoms with Crippen LogP contribution in [0.1, 0.15) is 6.42 Å². The van der Waals surface area contributed by atoms with Crippen molar-refractivity contribution in [1.29, 1.82) is 0 Å². The number of hydrogen-bond acceptors (Lipinski definition) is 3. The van der Waals surface area contributed by atoms with Gasteiger partial charge in [0.2, 0.25) is 0 Å². The monoisotopic (exact) mass is 156 g/mol. The minimum Gasteiger partial charge on any atom is -0.462 e. The number of carbonyl (C=O) groups is 2. The lowest BCUT2D eigenvalue weighted by Crippen LogP contribution is -2.24. The average molecular weight is 156 g/mol. The minimum atomic E-state index is -0.683. The highest BCUT2D eigenvalue weighted by molar-refractivity contribution is 5.90. The molecule has 0 aromatic carbocycles. The van der Waals surface area contributed by atoms with Gasteiger partial charge in [0.1, 0.15) is 0 Å². The number of rotatable bonds is 1. The van der Waals surface area contributed by atoms with E-state index in [9.17, 15) is 9.59 Å². The van der Waals surface area contributed by atoms with Crippen molar-refractivity contribution in [2.45, 2.75) is 6.42 Å². The summed E-state index contributed by atoms with van der Waals surface area (Å²) in [6, 6.07) is -0.683. The van der Waals surface area contributed by atoms with Crippen LogP contribution in [0.3, 0.4) is 0 Å². The molecule has 1 aliphatic rings. The molecule has 60 valence electrons. The summed E-state index contributed by atoms with van der Waals surface area (Å²) < 4.78 is 4.60. The molecule has 11 heavy (non-hydrogen) atoms. The molecule has 0 unspecified atom stereocenters. The Hall–Kier alpha value is -1.52. The van der Waals surface area contributed by atoms with Gasteiger partial charge in [-0.15, -0.1) is 0 Å². The molecule has 2 amide bonds. The number of esters is 1. The highest BCUT2D eigenvalue weighted by Gasteiger charge is 2.18. The Kier molecular flexibility index (Phi) is 2.10. The first-order valence-corrected chi connectivity index (χ1v) is 3.12. The molecule has 1 saturated heterocycles. The van der Waals surface area contributed by atoms with Crippen molar-refractivity contribution in [2.24, 2.45) is 5.73 Å². The van der Waals surface area contributed by atoms with Gasteiger partial charge < -0.3 is 15.8 Å². The molecule has 0 bridgehead atoms. The molecule has 0 aromatic heterocycles. The van der Waals surface area contributed by atoms with Crippen LogP contribution in [-0.4, -0.2) is 18.6 Å². The summed E-state index contributed by atoms with van der Waals surface area (Å²) in [5.74, 6) is -0.390. The van der Waals surface area contributed by atoms with Gasteiger partial charge >= 0.3 is 12.0 Å².